The molecule has 0 bridgehead atoms. The summed E-state index contributed by atoms with van der Waals surface area (Å²) in [5.74, 6) is 3.70. The molecule has 2 unspecified atom stereocenters. The Hall–Kier alpha value is -3.13. The molecule has 8 nitrogen and oxygen atoms in total. The smallest absolute Gasteiger partial charge is 0.293 e. The highest BCUT2D eigenvalue weighted by atomic mass is 16.7. The standard InChI is InChI=1S/C13H15NO4.C9H12O3/c14-13-9(5-16-6-15)2-1-8-3-11-12(4-10(8)13)18-7-17-11;1-10-7-5-4-6-8(11-2)9(7)12-3/h3-4,6,9,13H,1-2,5,7,14H2;4-6H,1-3H3. The zero-order valence-electron chi connectivity index (χ0n) is 17.4. The average molecular weight is 417 g/mol. The van der Waals surface area contributed by atoms with Crippen LogP contribution >= 0.6 is 0 Å². The monoisotopic (exact) mass is 417 g/mol. The zero-order valence-corrected chi connectivity index (χ0v) is 17.4. The van der Waals surface area contributed by atoms with E-state index in [1.165, 1.54) is 5.56 Å². The molecular formula is C22H27NO7. The van der Waals surface area contributed by atoms with Crippen LogP contribution in [-0.4, -0.2) is 41.2 Å². The van der Waals surface area contributed by atoms with Gasteiger partial charge in [-0.3, -0.25) is 4.79 Å². The van der Waals surface area contributed by atoms with Gasteiger partial charge in [0.15, 0.2) is 23.0 Å². The minimum Gasteiger partial charge on any atom is -0.493 e. The van der Waals surface area contributed by atoms with Crippen molar-refractivity contribution in [3.05, 3.63) is 41.5 Å². The summed E-state index contributed by atoms with van der Waals surface area (Å²) >= 11 is 0. The summed E-state index contributed by atoms with van der Waals surface area (Å²) in [4.78, 5) is 10.3. The molecule has 2 atom stereocenters. The molecule has 0 saturated carbocycles. The first kappa shape index (κ1) is 21.6. The van der Waals surface area contributed by atoms with Gasteiger partial charge in [-0.05, 0) is 48.2 Å². The molecule has 0 spiro atoms. The zero-order chi connectivity index (χ0) is 21.5. The SMILES string of the molecule is COc1cccc(OC)c1OC.NC1c2cc3c(cc2CCC1COC=O)OCO3. The molecule has 0 saturated heterocycles. The quantitative estimate of drug-likeness (QED) is 0.717. The molecule has 0 fully saturated rings. The van der Waals surface area contributed by atoms with Gasteiger partial charge in [0.05, 0.1) is 27.9 Å². The van der Waals surface area contributed by atoms with Crippen LogP contribution in [-0.2, 0) is 16.0 Å². The number of ether oxygens (including phenoxy) is 6. The predicted octanol–water partition coefficient (Wildman–Crippen LogP) is 2.86. The van der Waals surface area contributed by atoms with Crippen molar-refractivity contribution in [1.82, 2.24) is 0 Å². The molecule has 30 heavy (non-hydrogen) atoms. The second-order valence-corrected chi connectivity index (χ2v) is 6.85. The van der Waals surface area contributed by atoms with Crippen LogP contribution in [0.25, 0.3) is 0 Å². The molecule has 0 radical (unpaired) electrons. The number of carbonyl (C=O) groups is 1. The van der Waals surface area contributed by atoms with Crippen LogP contribution in [0.3, 0.4) is 0 Å². The highest BCUT2D eigenvalue weighted by Crippen LogP contribution is 2.41. The summed E-state index contributed by atoms with van der Waals surface area (Å²) in [7, 11) is 4.77. The van der Waals surface area contributed by atoms with Crippen molar-refractivity contribution in [2.75, 3.05) is 34.7 Å². The Morgan fingerprint density at radius 3 is 2.33 bits per heavy atom. The maximum absolute atomic E-state index is 10.3. The Bertz CT molecular complexity index is 849. The maximum atomic E-state index is 10.3. The summed E-state index contributed by atoms with van der Waals surface area (Å²) in [6.07, 6.45) is 1.84. The van der Waals surface area contributed by atoms with Gasteiger partial charge < -0.3 is 34.2 Å². The van der Waals surface area contributed by atoms with Gasteiger partial charge in [-0.25, -0.2) is 0 Å². The lowest BCUT2D eigenvalue weighted by Crippen LogP contribution is -2.30. The van der Waals surface area contributed by atoms with E-state index in [4.69, 9.17) is 34.2 Å². The number of fused-ring (bicyclic) bond motifs is 2. The lowest BCUT2D eigenvalue weighted by atomic mass is 9.80. The van der Waals surface area contributed by atoms with Crippen LogP contribution in [0.4, 0.5) is 0 Å². The fraction of sp³-hybridized carbons (Fsp3) is 0.409. The van der Waals surface area contributed by atoms with Gasteiger partial charge in [0.2, 0.25) is 12.5 Å². The van der Waals surface area contributed by atoms with Crippen LogP contribution in [0.15, 0.2) is 30.3 Å². The fourth-order valence-electron chi connectivity index (χ4n) is 3.67. The second kappa shape index (κ2) is 10.1. The lowest BCUT2D eigenvalue weighted by molar-refractivity contribution is -0.130. The van der Waals surface area contributed by atoms with E-state index in [-0.39, 0.29) is 18.8 Å². The molecule has 2 aromatic carbocycles. The first-order valence-corrected chi connectivity index (χ1v) is 9.61. The van der Waals surface area contributed by atoms with Crippen LogP contribution in [0, 0.1) is 5.92 Å². The van der Waals surface area contributed by atoms with E-state index in [1.807, 2.05) is 30.3 Å². The molecule has 1 aliphatic carbocycles. The first-order chi connectivity index (χ1) is 14.6. The van der Waals surface area contributed by atoms with Crippen molar-refractivity contribution in [3.8, 4) is 28.7 Å². The topological polar surface area (TPSA) is 98.5 Å². The van der Waals surface area contributed by atoms with Crippen LogP contribution in [0.5, 0.6) is 28.7 Å². The molecule has 162 valence electrons. The van der Waals surface area contributed by atoms with Gasteiger partial charge in [0, 0.05) is 12.0 Å². The predicted molar refractivity (Wildman–Crippen MR) is 109 cm³/mol. The number of aryl methyl sites for hydroxylation is 1. The fourth-order valence-corrected chi connectivity index (χ4v) is 3.67. The van der Waals surface area contributed by atoms with Gasteiger partial charge in [0.1, 0.15) is 0 Å². The van der Waals surface area contributed by atoms with Gasteiger partial charge in [-0.2, -0.15) is 0 Å². The van der Waals surface area contributed by atoms with Crippen LogP contribution < -0.4 is 29.4 Å². The summed E-state index contributed by atoms with van der Waals surface area (Å²) in [6, 6.07) is 9.33. The third-order valence-electron chi connectivity index (χ3n) is 5.25. The molecule has 1 heterocycles. The van der Waals surface area contributed by atoms with E-state index in [0.29, 0.717) is 30.3 Å². The summed E-state index contributed by atoms with van der Waals surface area (Å²) < 4.78 is 30.8. The Labute approximate surface area is 175 Å². The normalized spacial score (nSPS) is 18.4. The molecule has 0 aromatic heterocycles. The third-order valence-corrected chi connectivity index (χ3v) is 5.25. The highest BCUT2D eigenvalue weighted by molar-refractivity contribution is 5.51. The number of methoxy groups -OCH3 is 3. The number of nitrogens with two attached hydrogens (primary N) is 1. The number of benzene rings is 2. The molecule has 2 aromatic rings. The second-order valence-electron chi connectivity index (χ2n) is 6.85. The van der Waals surface area contributed by atoms with Crippen molar-refractivity contribution in [2.45, 2.75) is 18.9 Å². The maximum Gasteiger partial charge on any atom is 0.293 e. The van der Waals surface area contributed by atoms with Crippen LogP contribution in [0.2, 0.25) is 0 Å². The number of para-hydroxylation sites is 1. The number of rotatable bonds is 6. The van der Waals surface area contributed by atoms with E-state index in [0.717, 1.165) is 29.9 Å². The summed E-state index contributed by atoms with van der Waals surface area (Å²) in [5, 5.41) is 0. The minimum absolute atomic E-state index is 0.122. The van der Waals surface area contributed by atoms with Crippen LogP contribution in [0.1, 0.15) is 23.6 Å². The van der Waals surface area contributed by atoms with E-state index in [1.54, 1.807) is 21.3 Å². The molecule has 1 aliphatic heterocycles. The van der Waals surface area contributed by atoms with Crippen molar-refractivity contribution >= 4 is 6.47 Å². The Balaban J connectivity index is 0.000000187. The van der Waals surface area contributed by atoms with Gasteiger partial charge in [-0.15, -0.1) is 0 Å². The largest absolute Gasteiger partial charge is 0.493 e. The first-order valence-electron chi connectivity index (χ1n) is 9.61. The molecule has 2 aliphatic rings. The molecule has 2 N–H and O–H groups in total. The Morgan fingerprint density at radius 1 is 1.07 bits per heavy atom. The highest BCUT2D eigenvalue weighted by Gasteiger charge is 2.29. The Morgan fingerprint density at radius 2 is 1.73 bits per heavy atom. The van der Waals surface area contributed by atoms with Crippen molar-refractivity contribution in [3.63, 3.8) is 0 Å². The molecule has 8 heteroatoms. The Kier molecular flexibility index (Phi) is 7.24. The summed E-state index contributed by atoms with van der Waals surface area (Å²) in [5.41, 5.74) is 8.51. The van der Waals surface area contributed by atoms with Crippen molar-refractivity contribution in [1.29, 1.82) is 0 Å². The van der Waals surface area contributed by atoms with E-state index >= 15 is 0 Å². The third kappa shape index (κ3) is 4.54. The average Bonchev–Trinajstić information content (AvgIpc) is 3.24. The molecule has 4 rings (SSSR count). The van der Waals surface area contributed by atoms with Crippen molar-refractivity contribution < 1.29 is 33.2 Å². The van der Waals surface area contributed by atoms with Crippen molar-refractivity contribution in [2.24, 2.45) is 11.7 Å². The van der Waals surface area contributed by atoms with E-state index < -0.39 is 0 Å². The minimum atomic E-state index is -0.122. The summed E-state index contributed by atoms with van der Waals surface area (Å²) in [6.45, 7) is 1.12. The lowest BCUT2D eigenvalue weighted by Gasteiger charge is -2.30. The van der Waals surface area contributed by atoms with Gasteiger partial charge >= 0.3 is 0 Å². The molecule has 0 amide bonds. The van der Waals surface area contributed by atoms with E-state index in [9.17, 15) is 4.79 Å². The number of carbonyl (C=O) groups excluding carboxylic acids is 1. The van der Waals surface area contributed by atoms with Gasteiger partial charge in [0.25, 0.3) is 6.47 Å². The number of hydrogen-bond acceptors (Lipinski definition) is 8. The molecular weight excluding hydrogens is 390 g/mol. The van der Waals surface area contributed by atoms with E-state index in [2.05, 4.69) is 0 Å². The number of hydrogen-bond donors (Lipinski definition) is 1. The van der Waals surface area contributed by atoms with Gasteiger partial charge in [-0.1, -0.05) is 6.07 Å².